The lowest BCUT2D eigenvalue weighted by atomic mass is 10.2. The fourth-order valence-electron chi connectivity index (χ4n) is 1.75. The summed E-state index contributed by atoms with van der Waals surface area (Å²) in [4.78, 5) is 6.41. The number of nitrogens with zero attached hydrogens (tertiary/aromatic N) is 4. The summed E-state index contributed by atoms with van der Waals surface area (Å²) in [5.41, 5.74) is 2.65. The minimum Gasteiger partial charge on any atom is -0.378 e. The van der Waals surface area contributed by atoms with E-state index in [9.17, 15) is 0 Å². The zero-order valence-electron chi connectivity index (χ0n) is 10.5. The third-order valence-corrected chi connectivity index (χ3v) is 3.35. The van der Waals surface area contributed by atoms with E-state index in [1.807, 2.05) is 50.3 Å². The molecule has 1 heterocycles. The molecule has 1 aromatic heterocycles. The molecule has 0 saturated heterocycles. The van der Waals surface area contributed by atoms with Crippen LogP contribution in [0.1, 0.15) is 5.69 Å². The Hall–Kier alpha value is -1.80. The van der Waals surface area contributed by atoms with Crippen molar-refractivity contribution < 1.29 is 0 Å². The van der Waals surface area contributed by atoms with E-state index in [2.05, 4.69) is 27.0 Å². The number of anilines is 1. The van der Waals surface area contributed by atoms with Crippen molar-refractivity contribution in [3.8, 4) is 17.5 Å². The van der Waals surface area contributed by atoms with Crippen molar-refractivity contribution in [3.05, 3.63) is 34.6 Å². The second-order valence-corrected chi connectivity index (χ2v) is 4.94. The van der Waals surface area contributed by atoms with Gasteiger partial charge in [0.2, 0.25) is 0 Å². The molecule has 92 valence electrons. The van der Waals surface area contributed by atoms with Crippen LogP contribution in [0.15, 0.2) is 28.9 Å². The van der Waals surface area contributed by atoms with Gasteiger partial charge < -0.3 is 9.47 Å². The summed E-state index contributed by atoms with van der Waals surface area (Å²) >= 11 is 3.30. The molecule has 0 radical (unpaired) electrons. The quantitative estimate of drug-likeness (QED) is 0.857. The van der Waals surface area contributed by atoms with Crippen molar-refractivity contribution >= 4 is 21.6 Å². The summed E-state index contributed by atoms with van der Waals surface area (Å²) in [5, 5.41) is 9.03. The lowest BCUT2D eigenvalue weighted by Crippen LogP contribution is -2.08. The largest absolute Gasteiger partial charge is 0.378 e. The van der Waals surface area contributed by atoms with Crippen LogP contribution < -0.4 is 4.90 Å². The van der Waals surface area contributed by atoms with E-state index < -0.39 is 0 Å². The number of hydrogen-bond acceptors (Lipinski definition) is 3. The van der Waals surface area contributed by atoms with Crippen LogP contribution >= 0.6 is 15.9 Å². The molecule has 0 unspecified atom stereocenters. The lowest BCUT2D eigenvalue weighted by molar-refractivity contribution is 0.906. The molecule has 0 spiro atoms. The SMILES string of the molecule is CN(C)c1ccc(-c2nc(Br)c(C#N)n2C)cc1. The van der Waals surface area contributed by atoms with Crippen LogP contribution in [0, 0.1) is 11.3 Å². The van der Waals surface area contributed by atoms with Gasteiger partial charge in [0.15, 0.2) is 5.69 Å². The minimum absolute atomic E-state index is 0.529. The van der Waals surface area contributed by atoms with Gasteiger partial charge >= 0.3 is 0 Å². The first-order chi connectivity index (χ1) is 8.54. The van der Waals surface area contributed by atoms with Crippen LogP contribution in [0.2, 0.25) is 0 Å². The smallest absolute Gasteiger partial charge is 0.154 e. The molecule has 0 N–H and O–H groups in total. The fourth-order valence-corrected chi connectivity index (χ4v) is 2.28. The van der Waals surface area contributed by atoms with Gasteiger partial charge in [0.05, 0.1) is 0 Å². The molecule has 0 aliphatic heterocycles. The second-order valence-electron chi connectivity index (χ2n) is 4.19. The highest BCUT2D eigenvalue weighted by molar-refractivity contribution is 9.10. The summed E-state index contributed by atoms with van der Waals surface area (Å²) in [6.07, 6.45) is 0. The third-order valence-electron chi connectivity index (χ3n) is 2.80. The van der Waals surface area contributed by atoms with Crippen LogP contribution in [-0.4, -0.2) is 23.6 Å². The maximum absolute atomic E-state index is 9.03. The summed E-state index contributed by atoms with van der Waals surface area (Å²) in [6.45, 7) is 0. The highest BCUT2D eigenvalue weighted by atomic mass is 79.9. The van der Waals surface area contributed by atoms with E-state index in [1.54, 1.807) is 4.57 Å². The van der Waals surface area contributed by atoms with Crippen molar-refractivity contribution in [2.24, 2.45) is 7.05 Å². The Balaban J connectivity index is 2.47. The summed E-state index contributed by atoms with van der Waals surface area (Å²) in [6, 6.07) is 10.2. The zero-order valence-corrected chi connectivity index (χ0v) is 12.1. The van der Waals surface area contributed by atoms with E-state index >= 15 is 0 Å². The standard InChI is InChI=1S/C13H13BrN4/c1-17(2)10-6-4-9(5-7-10)13-16-12(14)11(8-15)18(13)3/h4-7H,1-3H3. The number of hydrogen-bond donors (Lipinski definition) is 0. The fraction of sp³-hybridized carbons (Fsp3) is 0.231. The van der Waals surface area contributed by atoms with Gasteiger partial charge in [-0.15, -0.1) is 0 Å². The average molecular weight is 305 g/mol. The van der Waals surface area contributed by atoms with Crippen molar-refractivity contribution in [1.82, 2.24) is 9.55 Å². The maximum Gasteiger partial charge on any atom is 0.154 e. The van der Waals surface area contributed by atoms with Crippen LogP contribution in [0.5, 0.6) is 0 Å². The molecule has 2 rings (SSSR count). The molecule has 5 heteroatoms. The summed E-state index contributed by atoms with van der Waals surface area (Å²) in [7, 11) is 5.84. The van der Waals surface area contributed by atoms with E-state index in [1.165, 1.54) is 0 Å². The third kappa shape index (κ3) is 2.12. The number of imidazole rings is 1. The number of aromatic nitrogens is 2. The molecule has 2 aromatic rings. The molecule has 0 saturated carbocycles. The molecular formula is C13H13BrN4. The van der Waals surface area contributed by atoms with Crippen molar-refractivity contribution in [3.63, 3.8) is 0 Å². The molecule has 1 aromatic carbocycles. The molecule has 0 fully saturated rings. The summed E-state index contributed by atoms with van der Waals surface area (Å²) < 4.78 is 2.37. The van der Waals surface area contributed by atoms with Gasteiger partial charge in [-0.2, -0.15) is 5.26 Å². The number of rotatable bonds is 2. The van der Waals surface area contributed by atoms with Gasteiger partial charge in [-0.05, 0) is 40.2 Å². The molecular weight excluding hydrogens is 292 g/mol. The van der Waals surface area contributed by atoms with Gasteiger partial charge in [0.25, 0.3) is 0 Å². The Bertz CT molecular complexity index is 605. The van der Waals surface area contributed by atoms with Gasteiger partial charge in [-0.1, -0.05) is 0 Å². The topological polar surface area (TPSA) is 44.9 Å². The van der Waals surface area contributed by atoms with Gasteiger partial charge in [0.1, 0.15) is 16.5 Å². The van der Waals surface area contributed by atoms with Crippen LogP contribution in [-0.2, 0) is 7.05 Å². The summed E-state index contributed by atoms with van der Waals surface area (Å²) in [5.74, 6) is 0.781. The van der Waals surface area contributed by atoms with Crippen molar-refractivity contribution in [2.45, 2.75) is 0 Å². The zero-order chi connectivity index (χ0) is 13.3. The van der Waals surface area contributed by atoms with Crippen molar-refractivity contribution in [1.29, 1.82) is 5.26 Å². The Morgan fingerprint density at radius 1 is 1.28 bits per heavy atom. The molecule has 0 bridgehead atoms. The molecule has 0 aliphatic carbocycles. The second kappa shape index (κ2) is 4.83. The van der Waals surface area contributed by atoms with E-state index in [4.69, 9.17) is 5.26 Å². The Morgan fingerprint density at radius 2 is 1.89 bits per heavy atom. The van der Waals surface area contributed by atoms with Gasteiger partial charge in [-0.25, -0.2) is 4.98 Å². The first-order valence-electron chi connectivity index (χ1n) is 5.44. The van der Waals surface area contributed by atoms with Gasteiger partial charge in [-0.3, -0.25) is 0 Å². The Labute approximate surface area is 115 Å². The highest BCUT2D eigenvalue weighted by Crippen LogP contribution is 2.25. The predicted octanol–water partition coefficient (Wildman–Crippen LogP) is 2.79. The van der Waals surface area contributed by atoms with E-state index in [0.717, 1.165) is 17.1 Å². The normalized spacial score (nSPS) is 10.2. The molecule has 4 nitrogen and oxygen atoms in total. The predicted molar refractivity (Wildman–Crippen MR) is 75.4 cm³/mol. The lowest BCUT2D eigenvalue weighted by Gasteiger charge is -2.12. The van der Waals surface area contributed by atoms with Crippen LogP contribution in [0.3, 0.4) is 0 Å². The molecule has 0 amide bonds. The number of nitriles is 1. The van der Waals surface area contributed by atoms with Crippen LogP contribution in [0.25, 0.3) is 11.4 Å². The number of halogens is 1. The van der Waals surface area contributed by atoms with E-state index in [0.29, 0.717) is 10.3 Å². The average Bonchev–Trinajstić information content (AvgIpc) is 2.64. The first kappa shape index (κ1) is 12.7. The maximum atomic E-state index is 9.03. The number of benzene rings is 1. The molecule has 18 heavy (non-hydrogen) atoms. The molecule has 0 aliphatic rings. The van der Waals surface area contributed by atoms with Crippen LogP contribution in [0.4, 0.5) is 5.69 Å². The van der Waals surface area contributed by atoms with E-state index in [-0.39, 0.29) is 0 Å². The van der Waals surface area contributed by atoms with Gasteiger partial charge in [0, 0.05) is 32.4 Å². The Morgan fingerprint density at radius 3 is 2.33 bits per heavy atom. The first-order valence-corrected chi connectivity index (χ1v) is 6.24. The minimum atomic E-state index is 0.529. The molecule has 0 atom stereocenters. The Kier molecular flexibility index (Phi) is 3.39. The monoisotopic (exact) mass is 304 g/mol. The van der Waals surface area contributed by atoms with Crippen molar-refractivity contribution in [2.75, 3.05) is 19.0 Å². The highest BCUT2D eigenvalue weighted by Gasteiger charge is 2.13.